The number of hydrogen-bond donors (Lipinski definition) is 1. The fraction of sp³-hybridized carbons (Fsp3) is 0.267. The Hall–Kier alpha value is -1.88. The lowest BCUT2D eigenvalue weighted by Crippen LogP contribution is -2.44. The molecule has 0 spiro atoms. The summed E-state index contributed by atoms with van der Waals surface area (Å²) in [5.74, 6) is -0.201. The quantitative estimate of drug-likeness (QED) is 0.938. The zero-order valence-corrected chi connectivity index (χ0v) is 11.8. The fourth-order valence-corrected chi connectivity index (χ4v) is 2.87. The van der Waals surface area contributed by atoms with E-state index in [2.05, 4.69) is 5.32 Å². The van der Waals surface area contributed by atoms with Crippen LogP contribution < -0.4 is 5.32 Å². The molecule has 2 heterocycles. The van der Waals surface area contributed by atoms with E-state index in [1.807, 2.05) is 23.6 Å². The van der Waals surface area contributed by atoms with E-state index in [9.17, 15) is 9.18 Å². The molecule has 1 amide bonds. The van der Waals surface area contributed by atoms with E-state index in [1.165, 1.54) is 17.4 Å². The lowest BCUT2D eigenvalue weighted by Gasteiger charge is -2.31. The predicted molar refractivity (Wildman–Crippen MR) is 79.4 cm³/mol. The number of rotatable bonds is 4. The van der Waals surface area contributed by atoms with Crippen LogP contribution in [0.5, 0.6) is 0 Å². The lowest BCUT2D eigenvalue weighted by atomic mass is 10.1. The molecule has 1 saturated heterocycles. The highest BCUT2D eigenvalue weighted by molar-refractivity contribution is 7.13. The number of thiophene rings is 1. The van der Waals surface area contributed by atoms with Crippen molar-refractivity contribution >= 4 is 22.9 Å². The van der Waals surface area contributed by atoms with Crippen LogP contribution in [0, 0.1) is 5.82 Å². The molecular weight excluding hydrogens is 275 g/mol. The van der Waals surface area contributed by atoms with Crippen molar-refractivity contribution in [3.05, 3.63) is 41.5 Å². The van der Waals surface area contributed by atoms with Gasteiger partial charge in [0.25, 0.3) is 0 Å². The van der Waals surface area contributed by atoms with Crippen LogP contribution >= 0.6 is 11.3 Å². The molecule has 1 N–H and O–H groups in total. The Labute approximate surface area is 121 Å². The van der Waals surface area contributed by atoms with Crippen LogP contribution in [0.15, 0.2) is 35.7 Å². The van der Waals surface area contributed by atoms with Crippen LogP contribution in [0.25, 0.3) is 10.4 Å². The van der Waals surface area contributed by atoms with Crippen molar-refractivity contribution in [2.45, 2.75) is 6.42 Å². The summed E-state index contributed by atoms with van der Waals surface area (Å²) in [6.45, 7) is 1.90. The number of carbonyl (C=O) groups excluding carboxylic acids is 1. The molecule has 1 aromatic heterocycles. The Morgan fingerprint density at radius 3 is 2.80 bits per heavy atom. The first kappa shape index (κ1) is 13.1. The highest BCUT2D eigenvalue weighted by atomic mass is 32.1. The number of nitrogens with zero attached hydrogens (tertiary/aromatic N) is 1. The van der Waals surface area contributed by atoms with Crippen LogP contribution in [-0.2, 0) is 4.79 Å². The SMILES string of the molecule is O=C(CNc1ccc(-c2cccs2)c(F)c1)N1CCC1. The van der Waals surface area contributed by atoms with E-state index in [0.717, 1.165) is 24.4 Å². The zero-order valence-electron chi connectivity index (χ0n) is 10.9. The van der Waals surface area contributed by atoms with E-state index in [-0.39, 0.29) is 18.3 Å². The number of carbonyl (C=O) groups is 1. The van der Waals surface area contributed by atoms with Crippen molar-refractivity contribution in [1.82, 2.24) is 4.90 Å². The van der Waals surface area contributed by atoms with Gasteiger partial charge < -0.3 is 10.2 Å². The molecule has 1 aliphatic rings. The van der Waals surface area contributed by atoms with E-state index in [0.29, 0.717) is 11.3 Å². The molecule has 0 radical (unpaired) electrons. The fourth-order valence-electron chi connectivity index (χ4n) is 2.11. The molecule has 2 aromatic rings. The van der Waals surface area contributed by atoms with Gasteiger partial charge >= 0.3 is 0 Å². The number of anilines is 1. The van der Waals surface area contributed by atoms with Gasteiger partial charge in [-0.05, 0) is 36.1 Å². The van der Waals surface area contributed by atoms with Gasteiger partial charge in [-0.1, -0.05) is 6.07 Å². The largest absolute Gasteiger partial charge is 0.376 e. The Morgan fingerprint density at radius 1 is 1.35 bits per heavy atom. The van der Waals surface area contributed by atoms with Crippen LogP contribution in [0.1, 0.15) is 6.42 Å². The molecular formula is C15H15FN2OS. The van der Waals surface area contributed by atoms with Gasteiger partial charge in [0.2, 0.25) is 5.91 Å². The smallest absolute Gasteiger partial charge is 0.241 e. The van der Waals surface area contributed by atoms with E-state index >= 15 is 0 Å². The number of amides is 1. The van der Waals surface area contributed by atoms with Crippen molar-refractivity contribution in [2.24, 2.45) is 0 Å². The summed E-state index contributed by atoms with van der Waals surface area (Å²) in [6, 6.07) is 8.79. The average molecular weight is 290 g/mol. The first-order chi connectivity index (χ1) is 9.74. The van der Waals surface area contributed by atoms with Gasteiger partial charge in [-0.2, -0.15) is 0 Å². The van der Waals surface area contributed by atoms with Gasteiger partial charge in [-0.25, -0.2) is 4.39 Å². The molecule has 104 valence electrons. The normalized spacial score (nSPS) is 13.9. The Balaban J connectivity index is 1.66. The van der Waals surface area contributed by atoms with Gasteiger partial charge in [0, 0.05) is 29.2 Å². The monoisotopic (exact) mass is 290 g/mol. The molecule has 1 fully saturated rings. The predicted octanol–water partition coefficient (Wildman–Crippen LogP) is 3.20. The van der Waals surface area contributed by atoms with Gasteiger partial charge in [0.15, 0.2) is 0 Å². The van der Waals surface area contributed by atoms with Crippen LogP contribution in [-0.4, -0.2) is 30.4 Å². The first-order valence-electron chi connectivity index (χ1n) is 6.59. The second-order valence-corrected chi connectivity index (χ2v) is 5.71. The van der Waals surface area contributed by atoms with Gasteiger partial charge in [0.05, 0.1) is 6.54 Å². The second-order valence-electron chi connectivity index (χ2n) is 4.76. The highest BCUT2D eigenvalue weighted by Gasteiger charge is 2.19. The third-order valence-electron chi connectivity index (χ3n) is 3.41. The maximum atomic E-state index is 14.0. The topological polar surface area (TPSA) is 32.3 Å². The Bertz CT molecular complexity index is 608. The zero-order chi connectivity index (χ0) is 13.9. The maximum Gasteiger partial charge on any atom is 0.241 e. The van der Waals surface area contributed by atoms with Crippen LogP contribution in [0.4, 0.5) is 10.1 Å². The molecule has 3 rings (SSSR count). The number of benzene rings is 1. The summed E-state index contributed by atoms with van der Waals surface area (Å²) in [6.07, 6.45) is 1.08. The summed E-state index contributed by atoms with van der Waals surface area (Å²) < 4.78 is 14.0. The number of hydrogen-bond acceptors (Lipinski definition) is 3. The van der Waals surface area contributed by atoms with Crippen LogP contribution in [0.3, 0.4) is 0 Å². The van der Waals surface area contributed by atoms with Crippen molar-refractivity contribution in [3.8, 4) is 10.4 Å². The van der Waals surface area contributed by atoms with Gasteiger partial charge in [-0.3, -0.25) is 4.79 Å². The number of halogens is 1. The summed E-state index contributed by atoms with van der Waals surface area (Å²) in [5.41, 5.74) is 1.23. The summed E-state index contributed by atoms with van der Waals surface area (Å²) in [7, 11) is 0. The van der Waals surface area contributed by atoms with E-state index < -0.39 is 0 Å². The van der Waals surface area contributed by atoms with Crippen molar-refractivity contribution in [3.63, 3.8) is 0 Å². The number of likely N-dealkylation sites (tertiary alicyclic amines) is 1. The molecule has 0 unspecified atom stereocenters. The molecule has 5 heteroatoms. The Kier molecular flexibility index (Phi) is 3.69. The molecule has 0 aliphatic carbocycles. The van der Waals surface area contributed by atoms with E-state index in [1.54, 1.807) is 11.0 Å². The minimum Gasteiger partial charge on any atom is -0.376 e. The average Bonchev–Trinajstić information content (AvgIpc) is 2.88. The maximum absolute atomic E-state index is 14.0. The van der Waals surface area contributed by atoms with E-state index in [4.69, 9.17) is 0 Å². The molecule has 3 nitrogen and oxygen atoms in total. The molecule has 0 saturated carbocycles. The van der Waals surface area contributed by atoms with Crippen molar-refractivity contribution in [2.75, 3.05) is 25.0 Å². The highest BCUT2D eigenvalue weighted by Crippen LogP contribution is 2.28. The minimum absolute atomic E-state index is 0.0685. The van der Waals surface area contributed by atoms with Crippen molar-refractivity contribution in [1.29, 1.82) is 0 Å². The summed E-state index contributed by atoms with van der Waals surface area (Å²) in [5, 5.41) is 4.90. The Morgan fingerprint density at radius 2 is 2.20 bits per heavy atom. The van der Waals surface area contributed by atoms with Gasteiger partial charge in [0.1, 0.15) is 5.82 Å². The van der Waals surface area contributed by atoms with Gasteiger partial charge in [-0.15, -0.1) is 11.3 Å². The third-order valence-corrected chi connectivity index (χ3v) is 4.31. The third kappa shape index (κ3) is 2.67. The summed E-state index contributed by atoms with van der Waals surface area (Å²) in [4.78, 5) is 14.4. The molecule has 0 atom stereocenters. The minimum atomic E-state index is -0.270. The lowest BCUT2D eigenvalue weighted by molar-refractivity contribution is -0.132. The molecule has 0 bridgehead atoms. The molecule has 1 aliphatic heterocycles. The molecule has 1 aromatic carbocycles. The summed E-state index contributed by atoms with van der Waals surface area (Å²) >= 11 is 1.51. The molecule has 20 heavy (non-hydrogen) atoms. The second kappa shape index (κ2) is 5.63. The van der Waals surface area contributed by atoms with Crippen molar-refractivity contribution < 1.29 is 9.18 Å². The number of nitrogens with one attached hydrogen (secondary N) is 1. The first-order valence-corrected chi connectivity index (χ1v) is 7.47. The van der Waals surface area contributed by atoms with Crippen LogP contribution in [0.2, 0.25) is 0 Å². The standard InChI is InChI=1S/C15H15FN2OS/c16-13-9-11(17-10-15(19)18-6-2-7-18)4-5-12(13)14-3-1-8-20-14/h1,3-5,8-9,17H,2,6-7,10H2.